The van der Waals surface area contributed by atoms with Gasteiger partial charge in [-0.05, 0) is 18.6 Å². The van der Waals surface area contributed by atoms with Crippen LogP contribution in [0.1, 0.15) is 6.42 Å². The third kappa shape index (κ3) is 3.50. The Kier molecular flexibility index (Phi) is 5.25. The molecule has 0 atom stereocenters. The summed E-state index contributed by atoms with van der Waals surface area (Å²) >= 11 is 0. The first-order valence-electron chi connectivity index (χ1n) is 6.96. The number of hydrogen-bond donors (Lipinski definition) is 0. The van der Waals surface area contributed by atoms with Gasteiger partial charge in [-0.1, -0.05) is 6.07 Å². The number of amides is 1. The van der Waals surface area contributed by atoms with Crippen LogP contribution in [0.3, 0.4) is 0 Å². The Morgan fingerprint density at radius 1 is 1.14 bits per heavy atom. The first kappa shape index (κ1) is 16.6. The third-order valence-electron chi connectivity index (χ3n) is 3.57. The highest BCUT2D eigenvalue weighted by Gasteiger charge is 2.28. The van der Waals surface area contributed by atoms with Crippen LogP contribution in [0.25, 0.3) is 0 Å². The predicted octanol–water partition coefficient (Wildman–Crippen LogP) is 1.16. The highest BCUT2D eigenvalue weighted by atomic mass is 32.2. The zero-order valence-corrected chi connectivity index (χ0v) is 13.5. The van der Waals surface area contributed by atoms with Gasteiger partial charge in [0.05, 0.1) is 19.1 Å². The van der Waals surface area contributed by atoms with Gasteiger partial charge in [-0.25, -0.2) is 13.2 Å². The van der Waals surface area contributed by atoms with Gasteiger partial charge >= 0.3 is 6.09 Å². The van der Waals surface area contributed by atoms with Gasteiger partial charge < -0.3 is 14.4 Å². The molecular weight excluding hydrogens is 308 g/mol. The molecule has 0 bridgehead atoms. The van der Waals surface area contributed by atoms with Crippen LogP contribution in [0, 0.1) is 0 Å². The maximum absolute atomic E-state index is 12.7. The van der Waals surface area contributed by atoms with Crippen LogP contribution in [-0.2, 0) is 14.8 Å². The van der Waals surface area contributed by atoms with Crippen molar-refractivity contribution >= 4 is 16.1 Å². The molecule has 1 saturated heterocycles. The van der Waals surface area contributed by atoms with Gasteiger partial charge in [0.1, 0.15) is 5.75 Å². The summed E-state index contributed by atoms with van der Waals surface area (Å²) in [6.45, 7) is 1.41. The Labute approximate surface area is 130 Å². The Bertz CT molecular complexity index is 632. The quantitative estimate of drug-likeness (QED) is 0.832. The van der Waals surface area contributed by atoms with E-state index in [-0.39, 0.29) is 11.4 Å². The summed E-state index contributed by atoms with van der Waals surface area (Å²) in [5.41, 5.74) is 0. The smallest absolute Gasteiger partial charge is 0.409 e. The minimum absolute atomic E-state index is 0.193. The van der Waals surface area contributed by atoms with Crippen LogP contribution in [0.2, 0.25) is 0 Å². The van der Waals surface area contributed by atoms with E-state index in [4.69, 9.17) is 4.74 Å². The van der Waals surface area contributed by atoms with Gasteiger partial charge in [-0.3, -0.25) is 0 Å². The topological polar surface area (TPSA) is 76.2 Å². The standard InChI is InChI=1S/C14H20N2O5S/c1-20-12-5-3-6-13(11-12)22(18,19)16-8-4-7-15(9-10-16)14(17)21-2/h3,5-6,11H,4,7-10H2,1-2H3. The number of carbonyl (C=O) groups is 1. The summed E-state index contributed by atoms with van der Waals surface area (Å²) in [5.74, 6) is 0.493. The molecule has 1 amide bonds. The third-order valence-corrected chi connectivity index (χ3v) is 5.46. The second-order valence-electron chi connectivity index (χ2n) is 4.89. The lowest BCUT2D eigenvalue weighted by Gasteiger charge is -2.21. The molecule has 2 rings (SSSR count). The van der Waals surface area contributed by atoms with Crippen molar-refractivity contribution < 1.29 is 22.7 Å². The summed E-state index contributed by atoms with van der Waals surface area (Å²) in [5, 5.41) is 0. The molecule has 0 spiro atoms. The number of rotatable bonds is 3. The van der Waals surface area contributed by atoms with Gasteiger partial charge in [0.2, 0.25) is 10.0 Å². The summed E-state index contributed by atoms with van der Waals surface area (Å²) in [6, 6.07) is 6.38. The molecule has 0 N–H and O–H groups in total. The number of hydrogen-bond acceptors (Lipinski definition) is 5. The number of nitrogens with zero attached hydrogens (tertiary/aromatic N) is 2. The van der Waals surface area contributed by atoms with Crippen molar-refractivity contribution in [1.29, 1.82) is 0 Å². The summed E-state index contributed by atoms with van der Waals surface area (Å²) in [6.07, 6.45) is 0.138. The minimum atomic E-state index is -3.60. The van der Waals surface area contributed by atoms with E-state index in [0.717, 1.165) is 0 Å². The zero-order valence-electron chi connectivity index (χ0n) is 12.7. The average molecular weight is 328 g/mol. The highest BCUT2D eigenvalue weighted by Crippen LogP contribution is 2.22. The van der Waals surface area contributed by atoms with Crippen molar-refractivity contribution in [3.05, 3.63) is 24.3 Å². The maximum Gasteiger partial charge on any atom is 0.409 e. The Morgan fingerprint density at radius 3 is 2.59 bits per heavy atom. The lowest BCUT2D eigenvalue weighted by molar-refractivity contribution is 0.126. The molecule has 0 aliphatic carbocycles. The van der Waals surface area contributed by atoms with Crippen LogP contribution in [0.15, 0.2) is 29.2 Å². The lowest BCUT2D eigenvalue weighted by Crippen LogP contribution is -2.37. The lowest BCUT2D eigenvalue weighted by atomic mass is 10.3. The Hall–Kier alpha value is -1.80. The van der Waals surface area contributed by atoms with Crippen molar-refractivity contribution in [2.24, 2.45) is 0 Å². The minimum Gasteiger partial charge on any atom is -0.497 e. The fraction of sp³-hybridized carbons (Fsp3) is 0.500. The molecule has 1 aliphatic heterocycles. The van der Waals surface area contributed by atoms with Crippen molar-refractivity contribution in [3.63, 3.8) is 0 Å². The largest absolute Gasteiger partial charge is 0.497 e. The fourth-order valence-corrected chi connectivity index (χ4v) is 3.86. The monoisotopic (exact) mass is 328 g/mol. The molecule has 1 aromatic rings. The molecule has 0 saturated carbocycles. The van der Waals surface area contributed by atoms with Crippen LogP contribution in [-0.4, -0.2) is 64.1 Å². The second-order valence-corrected chi connectivity index (χ2v) is 6.83. The maximum atomic E-state index is 12.7. The molecule has 1 heterocycles. The molecule has 8 heteroatoms. The molecule has 122 valence electrons. The van der Waals surface area contributed by atoms with E-state index < -0.39 is 16.1 Å². The van der Waals surface area contributed by atoms with Crippen LogP contribution in [0.4, 0.5) is 4.79 Å². The molecule has 1 aliphatic rings. The van der Waals surface area contributed by atoms with Gasteiger partial charge in [0.15, 0.2) is 0 Å². The van der Waals surface area contributed by atoms with Gasteiger partial charge in [-0.2, -0.15) is 4.31 Å². The first-order chi connectivity index (χ1) is 10.5. The summed E-state index contributed by atoms with van der Waals surface area (Å²) < 4.78 is 36.5. The molecule has 1 aromatic carbocycles. The van der Waals surface area contributed by atoms with E-state index in [1.807, 2.05) is 0 Å². The van der Waals surface area contributed by atoms with Crippen molar-refractivity contribution in [3.8, 4) is 5.75 Å². The Morgan fingerprint density at radius 2 is 1.91 bits per heavy atom. The number of methoxy groups -OCH3 is 2. The second kappa shape index (κ2) is 6.97. The number of sulfonamides is 1. The normalized spacial score (nSPS) is 16.9. The summed E-state index contributed by atoms with van der Waals surface area (Å²) in [7, 11) is -0.790. The van der Waals surface area contributed by atoms with Crippen LogP contribution in [0.5, 0.6) is 5.75 Å². The van der Waals surface area contributed by atoms with Crippen molar-refractivity contribution in [2.45, 2.75) is 11.3 Å². The van der Waals surface area contributed by atoms with E-state index >= 15 is 0 Å². The fourth-order valence-electron chi connectivity index (χ4n) is 2.36. The number of carbonyl (C=O) groups excluding carboxylic acids is 1. The average Bonchev–Trinajstić information content (AvgIpc) is 2.80. The molecular formula is C14H20N2O5S. The number of benzene rings is 1. The molecule has 7 nitrogen and oxygen atoms in total. The zero-order chi connectivity index (χ0) is 16.2. The molecule has 0 radical (unpaired) electrons. The molecule has 1 fully saturated rings. The molecule has 0 aromatic heterocycles. The van der Waals surface area contributed by atoms with E-state index in [1.165, 1.54) is 29.5 Å². The SMILES string of the molecule is COC(=O)N1CCCN(S(=O)(=O)c2cccc(OC)c2)CC1. The van der Waals surface area contributed by atoms with E-state index in [2.05, 4.69) is 4.74 Å². The van der Waals surface area contributed by atoms with Gasteiger partial charge in [0.25, 0.3) is 0 Å². The summed E-state index contributed by atoms with van der Waals surface area (Å²) in [4.78, 5) is 13.3. The number of ether oxygens (including phenoxy) is 2. The first-order valence-corrected chi connectivity index (χ1v) is 8.40. The molecule has 0 unspecified atom stereocenters. The van der Waals surface area contributed by atoms with Gasteiger partial charge in [-0.15, -0.1) is 0 Å². The van der Waals surface area contributed by atoms with E-state index in [1.54, 1.807) is 18.2 Å². The highest BCUT2D eigenvalue weighted by molar-refractivity contribution is 7.89. The van der Waals surface area contributed by atoms with E-state index in [0.29, 0.717) is 31.8 Å². The molecule has 22 heavy (non-hydrogen) atoms. The van der Waals surface area contributed by atoms with Crippen LogP contribution < -0.4 is 4.74 Å². The Balaban J connectivity index is 2.17. The van der Waals surface area contributed by atoms with Crippen molar-refractivity contribution in [1.82, 2.24) is 9.21 Å². The van der Waals surface area contributed by atoms with Crippen molar-refractivity contribution in [2.75, 3.05) is 40.4 Å². The van der Waals surface area contributed by atoms with Gasteiger partial charge in [0, 0.05) is 32.2 Å². The van der Waals surface area contributed by atoms with E-state index in [9.17, 15) is 13.2 Å². The van der Waals surface area contributed by atoms with Crippen LogP contribution >= 0.6 is 0 Å². The predicted molar refractivity (Wildman–Crippen MR) is 80.3 cm³/mol.